The van der Waals surface area contributed by atoms with Crippen LogP contribution in [0.15, 0.2) is 23.2 Å². The minimum Gasteiger partial charge on any atom is -0.489 e. The molecule has 190 valence electrons. The van der Waals surface area contributed by atoms with E-state index in [0.29, 0.717) is 25.0 Å². The van der Waals surface area contributed by atoms with Crippen molar-refractivity contribution < 1.29 is 39.5 Å². The molecule has 0 spiro atoms. The lowest BCUT2D eigenvalue weighted by atomic mass is 10.1. The summed E-state index contributed by atoms with van der Waals surface area (Å²) in [5.41, 5.74) is -0.639. The van der Waals surface area contributed by atoms with E-state index in [4.69, 9.17) is 4.74 Å². The normalized spacial score (nSPS) is 24.1. The second kappa shape index (κ2) is 8.21. The van der Waals surface area contributed by atoms with Crippen molar-refractivity contribution in [2.45, 2.75) is 29.0 Å². The zero-order valence-corrected chi connectivity index (χ0v) is 19.9. The number of amides is 1. The number of nitrogens with one attached hydrogen (secondary N) is 2. The Labute approximate surface area is 199 Å². The Bertz CT molecular complexity index is 1420. The van der Waals surface area contributed by atoms with E-state index < -0.39 is 60.6 Å². The molecule has 2 N–H and O–H groups in total. The Morgan fingerprint density at radius 2 is 1.83 bits per heavy atom. The van der Waals surface area contributed by atoms with Crippen LogP contribution >= 0.6 is 0 Å². The monoisotopic (exact) mass is 534 g/mol. The molecular weight excluding hydrogens is 513 g/mol. The zero-order valence-electron chi connectivity index (χ0n) is 18.3. The Morgan fingerprint density at radius 1 is 1.17 bits per heavy atom. The lowest BCUT2D eigenvalue weighted by Crippen LogP contribution is -2.43. The SMILES string of the molecule is Cn1cc2c(c1C(=O)Nc1cc(F)c(F)c(F)c1)OC[C@@H]1CN(S(=O)(=O)C3CC3)C[C@@H]1NS2(=O)=O. The van der Waals surface area contributed by atoms with E-state index in [2.05, 4.69) is 10.0 Å². The van der Waals surface area contributed by atoms with Gasteiger partial charge in [0.25, 0.3) is 5.91 Å². The molecule has 1 saturated heterocycles. The number of carbonyl (C=O) groups is 1. The molecule has 5 rings (SSSR count). The number of anilines is 1. The molecule has 3 aliphatic rings. The second-order valence-electron chi connectivity index (χ2n) is 8.85. The van der Waals surface area contributed by atoms with Crippen molar-refractivity contribution in [3.05, 3.63) is 41.5 Å². The number of nitrogens with zero attached hydrogens (tertiary/aromatic N) is 2. The van der Waals surface area contributed by atoms with Gasteiger partial charge in [-0.15, -0.1) is 0 Å². The summed E-state index contributed by atoms with van der Waals surface area (Å²) < 4.78 is 103. The first-order chi connectivity index (χ1) is 16.4. The molecule has 0 radical (unpaired) electrons. The molecule has 35 heavy (non-hydrogen) atoms. The van der Waals surface area contributed by atoms with E-state index in [0.717, 1.165) is 6.20 Å². The van der Waals surface area contributed by atoms with Gasteiger partial charge in [-0.1, -0.05) is 0 Å². The van der Waals surface area contributed by atoms with Crippen LogP contribution in [0.2, 0.25) is 0 Å². The Morgan fingerprint density at radius 3 is 2.46 bits per heavy atom. The van der Waals surface area contributed by atoms with Gasteiger partial charge in [-0.2, -0.15) is 4.31 Å². The largest absolute Gasteiger partial charge is 0.489 e. The molecule has 10 nitrogen and oxygen atoms in total. The maximum atomic E-state index is 13.5. The second-order valence-corrected chi connectivity index (χ2v) is 12.7. The van der Waals surface area contributed by atoms with Gasteiger partial charge in [0.15, 0.2) is 28.9 Å². The molecule has 0 bridgehead atoms. The van der Waals surface area contributed by atoms with Crippen LogP contribution in [-0.2, 0) is 27.1 Å². The van der Waals surface area contributed by atoms with Gasteiger partial charge in [0, 0.05) is 56.1 Å². The average molecular weight is 535 g/mol. The number of hydrogen-bond donors (Lipinski definition) is 2. The van der Waals surface area contributed by atoms with E-state index in [9.17, 15) is 34.8 Å². The number of fused-ring (bicyclic) bond motifs is 2. The van der Waals surface area contributed by atoms with Gasteiger partial charge in [-0.25, -0.2) is 34.7 Å². The maximum absolute atomic E-state index is 13.5. The highest BCUT2D eigenvalue weighted by atomic mass is 32.2. The van der Waals surface area contributed by atoms with E-state index in [1.165, 1.54) is 15.9 Å². The van der Waals surface area contributed by atoms with Crippen molar-refractivity contribution in [2.75, 3.05) is 25.0 Å². The van der Waals surface area contributed by atoms with Crippen LogP contribution in [0.5, 0.6) is 5.75 Å². The molecule has 3 heterocycles. The lowest BCUT2D eigenvalue weighted by molar-refractivity contribution is 0.101. The molecular formula is C20H21F3N4O6S2. The van der Waals surface area contributed by atoms with Crippen LogP contribution in [0.1, 0.15) is 23.3 Å². The van der Waals surface area contributed by atoms with Crippen LogP contribution in [0.4, 0.5) is 18.9 Å². The van der Waals surface area contributed by atoms with Gasteiger partial charge in [0.2, 0.25) is 20.0 Å². The van der Waals surface area contributed by atoms with Crippen LogP contribution < -0.4 is 14.8 Å². The third kappa shape index (κ3) is 4.19. The first kappa shape index (κ1) is 24.1. The van der Waals surface area contributed by atoms with E-state index in [1.807, 2.05) is 0 Å². The van der Waals surface area contributed by atoms with Crippen molar-refractivity contribution in [1.82, 2.24) is 13.6 Å². The molecule has 0 unspecified atom stereocenters. The van der Waals surface area contributed by atoms with E-state index >= 15 is 0 Å². The molecule has 1 aromatic heterocycles. The van der Waals surface area contributed by atoms with Gasteiger partial charge in [-0.05, 0) is 12.8 Å². The maximum Gasteiger partial charge on any atom is 0.276 e. The highest BCUT2D eigenvalue weighted by molar-refractivity contribution is 7.90. The average Bonchev–Trinajstić information content (AvgIpc) is 3.47. The van der Waals surface area contributed by atoms with E-state index in [1.54, 1.807) is 0 Å². The van der Waals surface area contributed by atoms with Crippen LogP contribution in [0.25, 0.3) is 0 Å². The third-order valence-corrected chi connectivity index (χ3v) is 10.1. The third-order valence-electron chi connectivity index (χ3n) is 6.31. The van der Waals surface area contributed by atoms with Crippen molar-refractivity contribution >= 4 is 31.6 Å². The number of carbonyl (C=O) groups excluding carboxylic acids is 1. The molecule has 2 fully saturated rings. The topological polar surface area (TPSA) is 127 Å². The highest BCUT2D eigenvalue weighted by Gasteiger charge is 2.48. The van der Waals surface area contributed by atoms with Gasteiger partial charge in [0.1, 0.15) is 4.90 Å². The molecule has 1 amide bonds. The van der Waals surface area contributed by atoms with Crippen LogP contribution in [0.3, 0.4) is 0 Å². The number of ether oxygens (including phenoxy) is 1. The van der Waals surface area contributed by atoms with Gasteiger partial charge >= 0.3 is 0 Å². The number of aromatic nitrogens is 1. The molecule has 1 saturated carbocycles. The number of rotatable bonds is 4. The number of halogens is 3. The summed E-state index contributed by atoms with van der Waals surface area (Å²) in [6.07, 6.45) is 2.29. The summed E-state index contributed by atoms with van der Waals surface area (Å²) >= 11 is 0. The fraction of sp³-hybridized carbons (Fsp3) is 0.450. The number of benzene rings is 1. The first-order valence-electron chi connectivity index (χ1n) is 10.7. The minimum absolute atomic E-state index is 0.0245. The van der Waals surface area contributed by atoms with Crippen LogP contribution in [-0.4, -0.2) is 62.6 Å². The van der Waals surface area contributed by atoms with Crippen molar-refractivity contribution in [2.24, 2.45) is 13.0 Å². The number of sulfonamides is 2. The summed E-state index contributed by atoms with van der Waals surface area (Å²) in [7, 11) is -6.36. The Balaban J connectivity index is 1.44. The first-order valence-corrected chi connectivity index (χ1v) is 13.7. The molecule has 15 heteroatoms. The molecule has 2 atom stereocenters. The minimum atomic E-state index is -4.22. The Hall–Kier alpha value is -2.62. The Kier molecular flexibility index (Phi) is 5.65. The zero-order chi connectivity index (χ0) is 25.3. The summed E-state index contributed by atoms with van der Waals surface area (Å²) in [4.78, 5) is 12.6. The van der Waals surface area contributed by atoms with Crippen molar-refractivity contribution in [3.8, 4) is 5.75 Å². The predicted octanol–water partition coefficient (Wildman–Crippen LogP) is 1.16. The molecule has 2 aromatic rings. The summed E-state index contributed by atoms with van der Waals surface area (Å²) in [6.45, 7) is -0.0475. The fourth-order valence-electron chi connectivity index (χ4n) is 4.36. The highest BCUT2D eigenvalue weighted by Crippen LogP contribution is 2.37. The van der Waals surface area contributed by atoms with Crippen molar-refractivity contribution in [3.63, 3.8) is 0 Å². The van der Waals surface area contributed by atoms with E-state index in [-0.39, 0.29) is 41.7 Å². The fourth-order valence-corrected chi connectivity index (χ4v) is 7.77. The van der Waals surface area contributed by atoms with Gasteiger partial charge < -0.3 is 14.6 Å². The van der Waals surface area contributed by atoms with Gasteiger partial charge in [-0.3, -0.25) is 4.79 Å². The lowest BCUT2D eigenvalue weighted by Gasteiger charge is -2.23. The molecule has 2 aliphatic heterocycles. The number of hydrogen-bond acceptors (Lipinski definition) is 6. The summed E-state index contributed by atoms with van der Waals surface area (Å²) in [6, 6.07) is 0.449. The smallest absolute Gasteiger partial charge is 0.276 e. The predicted molar refractivity (Wildman–Crippen MR) is 116 cm³/mol. The molecule has 1 aromatic carbocycles. The number of aryl methyl sites for hydroxylation is 1. The standard InChI is InChI=1S/C20H21F3N4O6S2/c1-26-8-16-19(18(26)20(28)24-11-4-13(21)17(23)14(22)5-11)33-9-10-6-27(35(31,32)12-2-3-12)7-15(10)25-34(16,29)30/h4-5,8,10,12,15,25H,2-3,6-7,9H2,1H3,(H,24,28)/t10-,15-/m0/s1. The van der Waals surface area contributed by atoms with Crippen LogP contribution in [0, 0.1) is 23.4 Å². The quantitative estimate of drug-likeness (QED) is 0.567. The summed E-state index contributed by atoms with van der Waals surface area (Å²) in [5.74, 6) is -6.47. The summed E-state index contributed by atoms with van der Waals surface area (Å²) in [5, 5.41) is 1.77. The molecule has 1 aliphatic carbocycles. The van der Waals surface area contributed by atoms with Gasteiger partial charge in [0.05, 0.1) is 11.9 Å². The van der Waals surface area contributed by atoms with Crippen molar-refractivity contribution in [1.29, 1.82) is 0 Å².